The second kappa shape index (κ2) is 6.64. The van der Waals surface area contributed by atoms with Crippen LogP contribution in [0.3, 0.4) is 0 Å². The molecule has 2 unspecified atom stereocenters. The maximum absolute atomic E-state index is 12.4. The van der Waals surface area contributed by atoms with Gasteiger partial charge in [-0.25, -0.2) is 0 Å². The summed E-state index contributed by atoms with van der Waals surface area (Å²) in [6.07, 6.45) is 0. The Balaban J connectivity index is 1.74. The fraction of sp³-hybridized carbons (Fsp3) is 0.176. The first-order valence-corrected chi connectivity index (χ1v) is 8.43. The lowest BCUT2D eigenvalue weighted by molar-refractivity contribution is -0.123. The molecule has 0 saturated carbocycles. The Bertz CT molecular complexity index is 766. The van der Waals surface area contributed by atoms with E-state index < -0.39 is 11.2 Å². The average Bonchev–Trinajstić information content (AvgIpc) is 2.53. The molecule has 2 aromatic carbocycles. The summed E-state index contributed by atoms with van der Waals surface area (Å²) >= 11 is 7.33. The van der Waals surface area contributed by atoms with Crippen LogP contribution in [0.15, 0.2) is 53.4 Å². The number of fused-ring (bicyclic) bond motifs is 1. The van der Waals surface area contributed by atoms with Gasteiger partial charge >= 0.3 is 0 Å². The maximum Gasteiger partial charge on any atom is 0.238 e. The van der Waals surface area contributed by atoms with Crippen LogP contribution in [-0.2, 0) is 9.59 Å². The Hall–Kier alpha value is -1.98. The molecule has 0 spiro atoms. The predicted octanol–water partition coefficient (Wildman–Crippen LogP) is 4.03. The van der Waals surface area contributed by atoms with Gasteiger partial charge in [-0.2, -0.15) is 0 Å². The molecular formula is C17H15ClN2O2S. The van der Waals surface area contributed by atoms with Crippen LogP contribution in [-0.4, -0.2) is 17.1 Å². The van der Waals surface area contributed by atoms with E-state index in [1.807, 2.05) is 24.3 Å². The summed E-state index contributed by atoms with van der Waals surface area (Å²) < 4.78 is 0. The van der Waals surface area contributed by atoms with Crippen LogP contribution in [0.5, 0.6) is 0 Å². The predicted molar refractivity (Wildman–Crippen MR) is 94.0 cm³/mol. The first kappa shape index (κ1) is 15.9. The second-order valence-electron chi connectivity index (χ2n) is 5.31. The molecule has 1 aliphatic heterocycles. The Labute approximate surface area is 143 Å². The van der Waals surface area contributed by atoms with Crippen LogP contribution in [0.25, 0.3) is 0 Å². The van der Waals surface area contributed by atoms with Crippen LogP contribution in [0, 0.1) is 5.92 Å². The molecule has 2 amide bonds. The molecule has 2 N–H and O–H groups in total. The van der Waals surface area contributed by atoms with Gasteiger partial charge in [-0.05, 0) is 30.3 Å². The largest absolute Gasteiger partial charge is 0.326 e. The Morgan fingerprint density at radius 3 is 2.83 bits per heavy atom. The van der Waals surface area contributed by atoms with Gasteiger partial charge < -0.3 is 10.6 Å². The molecule has 23 heavy (non-hydrogen) atoms. The number of para-hydroxylation sites is 1. The summed E-state index contributed by atoms with van der Waals surface area (Å²) in [5.74, 6) is -0.839. The molecule has 118 valence electrons. The van der Waals surface area contributed by atoms with Crippen molar-refractivity contribution < 1.29 is 9.59 Å². The van der Waals surface area contributed by atoms with Gasteiger partial charge in [0, 0.05) is 15.6 Å². The fourth-order valence-corrected chi connectivity index (χ4v) is 3.72. The molecule has 0 aromatic heterocycles. The molecule has 0 bridgehead atoms. The molecular weight excluding hydrogens is 332 g/mol. The fourth-order valence-electron chi connectivity index (χ4n) is 2.36. The highest BCUT2D eigenvalue weighted by atomic mass is 35.5. The highest BCUT2D eigenvalue weighted by molar-refractivity contribution is 8.01. The summed E-state index contributed by atoms with van der Waals surface area (Å²) in [5.41, 5.74) is 1.41. The third-order valence-corrected chi connectivity index (χ3v) is 5.34. The van der Waals surface area contributed by atoms with E-state index in [9.17, 15) is 9.59 Å². The lowest BCUT2D eigenvalue weighted by Gasteiger charge is -2.27. The van der Waals surface area contributed by atoms with Crippen molar-refractivity contribution in [3.63, 3.8) is 0 Å². The number of rotatable bonds is 3. The van der Waals surface area contributed by atoms with Gasteiger partial charge in [0.2, 0.25) is 11.8 Å². The number of anilines is 2. The normalized spacial score (nSPS) is 17.8. The highest BCUT2D eigenvalue weighted by Gasteiger charge is 2.35. The monoisotopic (exact) mass is 346 g/mol. The van der Waals surface area contributed by atoms with Crippen molar-refractivity contribution in [1.29, 1.82) is 0 Å². The third kappa shape index (κ3) is 3.51. The van der Waals surface area contributed by atoms with E-state index in [-0.39, 0.29) is 11.8 Å². The standard InChI is InChI=1S/C17H15ClN2O2S/c1-10(16(21)19-12-6-4-5-11(18)9-12)15-17(22)20-13-7-2-3-8-14(13)23-15/h2-10,15H,1H3,(H,19,21)(H,20,22). The summed E-state index contributed by atoms with van der Waals surface area (Å²) in [7, 11) is 0. The first-order chi connectivity index (χ1) is 11.0. The zero-order valence-corrected chi connectivity index (χ0v) is 13.9. The Kier molecular flexibility index (Phi) is 4.59. The molecule has 0 saturated heterocycles. The van der Waals surface area contributed by atoms with Gasteiger partial charge in [0.05, 0.1) is 16.9 Å². The van der Waals surface area contributed by atoms with Crippen LogP contribution < -0.4 is 10.6 Å². The van der Waals surface area contributed by atoms with Crippen molar-refractivity contribution in [2.24, 2.45) is 5.92 Å². The number of halogens is 1. The number of hydrogen-bond acceptors (Lipinski definition) is 3. The molecule has 0 radical (unpaired) electrons. The summed E-state index contributed by atoms with van der Waals surface area (Å²) in [5, 5.41) is 5.75. The number of hydrogen-bond donors (Lipinski definition) is 2. The van der Waals surface area contributed by atoms with E-state index in [1.165, 1.54) is 11.8 Å². The number of thioether (sulfide) groups is 1. The quantitative estimate of drug-likeness (QED) is 0.882. The van der Waals surface area contributed by atoms with Gasteiger partial charge in [0.25, 0.3) is 0 Å². The molecule has 1 aliphatic rings. The summed E-state index contributed by atoms with van der Waals surface area (Å²) in [6.45, 7) is 1.76. The molecule has 4 nitrogen and oxygen atoms in total. The Morgan fingerprint density at radius 2 is 2.04 bits per heavy atom. The summed E-state index contributed by atoms with van der Waals surface area (Å²) in [6, 6.07) is 14.5. The van der Waals surface area contributed by atoms with Gasteiger partial charge in [-0.15, -0.1) is 11.8 Å². The van der Waals surface area contributed by atoms with E-state index >= 15 is 0 Å². The Morgan fingerprint density at radius 1 is 1.26 bits per heavy atom. The van der Waals surface area contributed by atoms with Crippen molar-refractivity contribution in [3.05, 3.63) is 53.6 Å². The molecule has 2 aromatic rings. The van der Waals surface area contributed by atoms with Crippen molar-refractivity contribution in [2.45, 2.75) is 17.1 Å². The lowest BCUT2D eigenvalue weighted by atomic mass is 10.1. The minimum atomic E-state index is -0.479. The van der Waals surface area contributed by atoms with E-state index in [0.29, 0.717) is 10.7 Å². The van der Waals surface area contributed by atoms with Crippen LogP contribution in [0.4, 0.5) is 11.4 Å². The van der Waals surface area contributed by atoms with Crippen molar-refractivity contribution in [1.82, 2.24) is 0 Å². The summed E-state index contributed by atoms with van der Waals surface area (Å²) in [4.78, 5) is 25.7. The zero-order valence-electron chi connectivity index (χ0n) is 12.4. The van der Waals surface area contributed by atoms with Gasteiger partial charge in [0.1, 0.15) is 0 Å². The first-order valence-electron chi connectivity index (χ1n) is 7.17. The minimum Gasteiger partial charge on any atom is -0.326 e. The number of carbonyl (C=O) groups excluding carboxylic acids is 2. The number of nitrogens with one attached hydrogen (secondary N) is 2. The topological polar surface area (TPSA) is 58.2 Å². The molecule has 1 heterocycles. The SMILES string of the molecule is CC(C(=O)Nc1cccc(Cl)c1)C1Sc2ccccc2NC1=O. The number of benzene rings is 2. The molecule has 2 atom stereocenters. The van der Waals surface area contributed by atoms with Crippen molar-refractivity contribution >= 4 is 46.6 Å². The maximum atomic E-state index is 12.4. The van der Waals surface area contributed by atoms with E-state index in [2.05, 4.69) is 10.6 Å². The van der Waals surface area contributed by atoms with Crippen LogP contribution in [0.1, 0.15) is 6.92 Å². The molecule has 6 heteroatoms. The van der Waals surface area contributed by atoms with Crippen LogP contribution in [0.2, 0.25) is 5.02 Å². The van der Waals surface area contributed by atoms with Crippen molar-refractivity contribution in [2.75, 3.05) is 10.6 Å². The van der Waals surface area contributed by atoms with Gasteiger partial charge in [0.15, 0.2) is 0 Å². The van der Waals surface area contributed by atoms with E-state index in [0.717, 1.165) is 10.6 Å². The molecule has 0 fully saturated rings. The number of carbonyl (C=O) groups is 2. The minimum absolute atomic E-state index is 0.151. The molecule has 3 rings (SSSR count). The van der Waals surface area contributed by atoms with E-state index in [1.54, 1.807) is 31.2 Å². The van der Waals surface area contributed by atoms with Gasteiger partial charge in [-0.3, -0.25) is 9.59 Å². The average molecular weight is 347 g/mol. The molecule has 0 aliphatic carbocycles. The third-order valence-electron chi connectivity index (χ3n) is 3.62. The number of amides is 2. The van der Waals surface area contributed by atoms with Crippen molar-refractivity contribution in [3.8, 4) is 0 Å². The highest BCUT2D eigenvalue weighted by Crippen LogP contribution is 2.38. The smallest absolute Gasteiger partial charge is 0.238 e. The van der Waals surface area contributed by atoms with E-state index in [4.69, 9.17) is 11.6 Å². The second-order valence-corrected chi connectivity index (χ2v) is 6.93. The lowest BCUT2D eigenvalue weighted by Crippen LogP contribution is -2.39. The zero-order chi connectivity index (χ0) is 16.4. The van der Waals surface area contributed by atoms with Crippen LogP contribution >= 0.6 is 23.4 Å². The van der Waals surface area contributed by atoms with Gasteiger partial charge in [-0.1, -0.05) is 36.7 Å².